The number of carbonyl (C=O) groups is 1. The molecule has 1 N–H and O–H groups in total. The van der Waals surface area contributed by atoms with Crippen LogP contribution < -0.4 is 5.69 Å². The van der Waals surface area contributed by atoms with E-state index in [4.69, 9.17) is 0 Å². The van der Waals surface area contributed by atoms with Gasteiger partial charge in [-0.2, -0.15) is 0 Å². The first-order valence-corrected chi connectivity index (χ1v) is 3.87. The van der Waals surface area contributed by atoms with Crippen LogP contribution in [0.3, 0.4) is 0 Å². The van der Waals surface area contributed by atoms with E-state index in [0.717, 1.165) is 0 Å². The molecule has 0 saturated heterocycles. The first kappa shape index (κ1) is 8.49. The van der Waals surface area contributed by atoms with Crippen molar-refractivity contribution in [3.63, 3.8) is 0 Å². The maximum Gasteiger partial charge on any atom is 0.354 e. The highest BCUT2D eigenvalue weighted by molar-refractivity contribution is 5.88. The van der Waals surface area contributed by atoms with Gasteiger partial charge in [-0.25, -0.2) is 14.6 Å². The van der Waals surface area contributed by atoms with E-state index in [0.29, 0.717) is 5.65 Å². The SMILES string of the molecule is COC(=O)c1cc2nccn2c(=O)[nH]1. The van der Waals surface area contributed by atoms with E-state index >= 15 is 0 Å². The molecule has 2 rings (SSSR count). The summed E-state index contributed by atoms with van der Waals surface area (Å²) in [5.41, 5.74) is 0.0887. The fourth-order valence-electron chi connectivity index (χ4n) is 1.15. The number of H-pyrrole nitrogens is 1. The van der Waals surface area contributed by atoms with Crippen LogP contribution in [0.2, 0.25) is 0 Å². The summed E-state index contributed by atoms with van der Waals surface area (Å²) in [7, 11) is 1.25. The summed E-state index contributed by atoms with van der Waals surface area (Å²) >= 11 is 0. The lowest BCUT2D eigenvalue weighted by molar-refractivity contribution is 0.0593. The van der Waals surface area contributed by atoms with Crippen LogP contribution in [0.1, 0.15) is 10.5 Å². The average molecular weight is 193 g/mol. The number of nitrogens with zero attached hydrogens (tertiary/aromatic N) is 2. The maximum absolute atomic E-state index is 11.3. The summed E-state index contributed by atoms with van der Waals surface area (Å²) in [6.45, 7) is 0. The van der Waals surface area contributed by atoms with Crippen LogP contribution in [0, 0.1) is 0 Å². The number of methoxy groups -OCH3 is 1. The van der Waals surface area contributed by atoms with Crippen molar-refractivity contribution < 1.29 is 9.53 Å². The number of esters is 1. The Morgan fingerprint density at radius 3 is 3.14 bits per heavy atom. The molecular weight excluding hydrogens is 186 g/mol. The van der Waals surface area contributed by atoms with Crippen LogP contribution >= 0.6 is 0 Å². The predicted octanol–water partition coefficient (Wildman–Crippen LogP) is -0.191. The highest BCUT2D eigenvalue weighted by atomic mass is 16.5. The number of ether oxygens (including phenoxy) is 1. The molecule has 0 spiro atoms. The number of carbonyl (C=O) groups excluding carboxylic acids is 1. The number of aromatic amines is 1. The van der Waals surface area contributed by atoms with Crippen molar-refractivity contribution in [1.29, 1.82) is 0 Å². The first-order chi connectivity index (χ1) is 6.72. The molecule has 0 radical (unpaired) electrons. The molecule has 2 heterocycles. The lowest BCUT2D eigenvalue weighted by Crippen LogP contribution is -2.20. The zero-order valence-electron chi connectivity index (χ0n) is 7.35. The topological polar surface area (TPSA) is 76.5 Å². The minimum atomic E-state index is -0.590. The highest BCUT2D eigenvalue weighted by Gasteiger charge is 2.09. The number of imidazole rings is 1. The van der Waals surface area contributed by atoms with E-state index in [2.05, 4.69) is 14.7 Å². The van der Waals surface area contributed by atoms with Gasteiger partial charge in [-0.15, -0.1) is 0 Å². The second-order valence-corrected chi connectivity index (χ2v) is 2.64. The van der Waals surface area contributed by atoms with E-state index in [1.807, 2.05) is 0 Å². The minimum Gasteiger partial charge on any atom is -0.464 e. The minimum absolute atomic E-state index is 0.0937. The second-order valence-electron chi connectivity index (χ2n) is 2.64. The van der Waals surface area contributed by atoms with Gasteiger partial charge < -0.3 is 9.72 Å². The van der Waals surface area contributed by atoms with Crippen molar-refractivity contribution in [3.8, 4) is 0 Å². The lowest BCUT2D eigenvalue weighted by atomic mass is 10.4. The van der Waals surface area contributed by atoms with Crippen LogP contribution in [-0.4, -0.2) is 27.4 Å². The van der Waals surface area contributed by atoms with Gasteiger partial charge in [0.1, 0.15) is 11.3 Å². The van der Waals surface area contributed by atoms with Gasteiger partial charge in [0, 0.05) is 18.5 Å². The summed E-state index contributed by atoms with van der Waals surface area (Å²) in [5, 5.41) is 0. The number of nitrogens with one attached hydrogen (secondary N) is 1. The van der Waals surface area contributed by atoms with Gasteiger partial charge in [0.25, 0.3) is 0 Å². The van der Waals surface area contributed by atoms with E-state index in [1.165, 1.54) is 30.0 Å². The van der Waals surface area contributed by atoms with Gasteiger partial charge in [-0.05, 0) is 0 Å². The molecule has 72 valence electrons. The Hall–Kier alpha value is -2.11. The molecule has 6 heteroatoms. The van der Waals surface area contributed by atoms with E-state index < -0.39 is 11.7 Å². The molecule has 0 bridgehead atoms. The van der Waals surface area contributed by atoms with Gasteiger partial charge >= 0.3 is 11.7 Å². The summed E-state index contributed by atoms with van der Waals surface area (Å²) in [4.78, 5) is 28.7. The third-order valence-corrected chi connectivity index (χ3v) is 1.81. The molecule has 0 unspecified atom stereocenters. The fraction of sp³-hybridized carbons (Fsp3) is 0.125. The molecule has 0 amide bonds. The lowest BCUT2D eigenvalue weighted by Gasteiger charge is -1.98. The van der Waals surface area contributed by atoms with Crippen LogP contribution in [0.4, 0.5) is 0 Å². The van der Waals surface area contributed by atoms with Crippen LogP contribution in [0.25, 0.3) is 5.65 Å². The van der Waals surface area contributed by atoms with Gasteiger partial charge in [0.2, 0.25) is 0 Å². The van der Waals surface area contributed by atoms with E-state index in [-0.39, 0.29) is 5.69 Å². The molecule has 0 atom stereocenters. The number of fused-ring (bicyclic) bond motifs is 1. The van der Waals surface area contributed by atoms with Crippen molar-refractivity contribution in [2.24, 2.45) is 0 Å². The number of rotatable bonds is 1. The van der Waals surface area contributed by atoms with Crippen LogP contribution in [0.15, 0.2) is 23.3 Å². The van der Waals surface area contributed by atoms with E-state index in [9.17, 15) is 9.59 Å². The Morgan fingerprint density at radius 1 is 1.64 bits per heavy atom. The normalized spacial score (nSPS) is 10.4. The number of hydrogen-bond donors (Lipinski definition) is 1. The van der Waals surface area contributed by atoms with E-state index in [1.54, 1.807) is 0 Å². The molecule has 0 aliphatic heterocycles. The Labute approximate surface area is 78.2 Å². The predicted molar refractivity (Wildman–Crippen MR) is 47.2 cm³/mol. The number of hydrogen-bond acceptors (Lipinski definition) is 4. The molecule has 0 aromatic carbocycles. The first-order valence-electron chi connectivity index (χ1n) is 3.87. The smallest absolute Gasteiger partial charge is 0.354 e. The zero-order chi connectivity index (χ0) is 10.1. The van der Waals surface area contributed by atoms with Crippen molar-refractivity contribution in [2.75, 3.05) is 7.11 Å². The van der Waals surface area contributed by atoms with Crippen molar-refractivity contribution in [3.05, 3.63) is 34.6 Å². The molecular formula is C8H7N3O3. The zero-order valence-corrected chi connectivity index (χ0v) is 7.35. The highest BCUT2D eigenvalue weighted by Crippen LogP contribution is 1.99. The van der Waals surface area contributed by atoms with Gasteiger partial charge in [0.05, 0.1) is 7.11 Å². The summed E-state index contributed by atoms with van der Waals surface area (Å²) in [6.07, 6.45) is 2.99. The largest absolute Gasteiger partial charge is 0.464 e. The fourth-order valence-corrected chi connectivity index (χ4v) is 1.15. The molecule has 0 fully saturated rings. The number of aromatic nitrogens is 3. The molecule has 0 saturated carbocycles. The quantitative estimate of drug-likeness (QED) is 0.637. The van der Waals surface area contributed by atoms with Gasteiger partial charge in [0.15, 0.2) is 0 Å². The Kier molecular flexibility index (Phi) is 1.81. The molecule has 14 heavy (non-hydrogen) atoms. The molecule has 0 aliphatic rings. The molecule has 0 aliphatic carbocycles. The third kappa shape index (κ3) is 1.17. The maximum atomic E-state index is 11.3. The van der Waals surface area contributed by atoms with Crippen LogP contribution in [-0.2, 0) is 4.74 Å². The van der Waals surface area contributed by atoms with Crippen molar-refractivity contribution in [1.82, 2.24) is 14.4 Å². The summed E-state index contributed by atoms with van der Waals surface area (Å²) < 4.78 is 5.77. The Bertz CT molecular complexity index is 540. The van der Waals surface area contributed by atoms with Gasteiger partial charge in [-0.3, -0.25) is 4.40 Å². The summed E-state index contributed by atoms with van der Waals surface area (Å²) in [5.74, 6) is -0.590. The molecule has 2 aromatic rings. The molecule has 6 nitrogen and oxygen atoms in total. The molecule has 2 aromatic heterocycles. The van der Waals surface area contributed by atoms with Crippen molar-refractivity contribution >= 4 is 11.6 Å². The third-order valence-electron chi connectivity index (χ3n) is 1.81. The van der Waals surface area contributed by atoms with Crippen LogP contribution in [0.5, 0.6) is 0 Å². The standard InChI is InChI=1S/C8H7N3O3/c1-14-7(12)5-4-6-9-2-3-11(6)8(13)10-5/h2-4H,1H3,(H,10,13). The average Bonchev–Trinajstić information content (AvgIpc) is 2.64. The van der Waals surface area contributed by atoms with Crippen molar-refractivity contribution in [2.45, 2.75) is 0 Å². The monoisotopic (exact) mass is 193 g/mol. The second kappa shape index (κ2) is 2.99. The van der Waals surface area contributed by atoms with Gasteiger partial charge in [-0.1, -0.05) is 0 Å². The Balaban J connectivity index is 2.70. The Morgan fingerprint density at radius 2 is 2.43 bits per heavy atom. The summed E-state index contributed by atoms with van der Waals surface area (Å²) in [6, 6.07) is 1.45.